The summed E-state index contributed by atoms with van der Waals surface area (Å²) in [6.45, 7) is 0. The fourth-order valence-electron chi connectivity index (χ4n) is 1.29. The summed E-state index contributed by atoms with van der Waals surface area (Å²) < 4.78 is 0. The van der Waals surface area contributed by atoms with Crippen LogP contribution in [0.2, 0.25) is 5.02 Å². The Morgan fingerprint density at radius 1 is 1.43 bits per heavy atom. The van der Waals surface area contributed by atoms with Crippen LogP contribution in [-0.4, -0.2) is 16.1 Å². The number of aromatic amines is 1. The number of hydroxylamine groups is 1. The molecule has 0 radical (unpaired) electrons. The number of halogens is 1. The number of hydrogen-bond acceptors (Lipinski definition) is 2. The van der Waals surface area contributed by atoms with E-state index >= 15 is 0 Å². The summed E-state index contributed by atoms with van der Waals surface area (Å²) in [5.74, 6) is -0.572. The highest BCUT2D eigenvalue weighted by Crippen LogP contribution is 2.19. The summed E-state index contributed by atoms with van der Waals surface area (Å²) in [7, 11) is 0. The van der Waals surface area contributed by atoms with E-state index in [0.29, 0.717) is 10.7 Å². The maximum Gasteiger partial charge on any atom is 0.291 e. The first kappa shape index (κ1) is 9.05. The molecule has 0 fully saturated rings. The minimum absolute atomic E-state index is 0.296. The van der Waals surface area contributed by atoms with E-state index in [9.17, 15) is 4.79 Å². The van der Waals surface area contributed by atoms with Gasteiger partial charge in [-0.1, -0.05) is 11.6 Å². The Kier molecular flexibility index (Phi) is 2.15. The Balaban J connectivity index is 2.56. The molecule has 0 aliphatic carbocycles. The van der Waals surface area contributed by atoms with E-state index in [4.69, 9.17) is 16.8 Å². The van der Waals surface area contributed by atoms with E-state index in [2.05, 4.69) is 4.98 Å². The third kappa shape index (κ3) is 1.45. The maximum absolute atomic E-state index is 11.0. The van der Waals surface area contributed by atoms with Gasteiger partial charge < -0.3 is 4.98 Å². The zero-order valence-electron chi connectivity index (χ0n) is 7.04. The summed E-state index contributed by atoms with van der Waals surface area (Å²) in [5, 5.41) is 9.86. The van der Waals surface area contributed by atoms with Gasteiger partial charge in [0.05, 0.1) is 0 Å². The van der Waals surface area contributed by atoms with E-state index in [-0.39, 0.29) is 0 Å². The second-order valence-corrected chi connectivity index (χ2v) is 3.29. The monoisotopic (exact) mass is 210 g/mol. The topological polar surface area (TPSA) is 65.1 Å². The molecule has 0 aliphatic heterocycles. The molecule has 5 heteroatoms. The van der Waals surface area contributed by atoms with Crippen LogP contribution in [0, 0.1) is 0 Å². The number of aromatic nitrogens is 1. The number of nitrogens with one attached hydrogen (secondary N) is 2. The minimum atomic E-state index is -0.572. The molecule has 0 unspecified atom stereocenters. The smallest absolute Gasteiger partial charge is 0.291 e. The minimum Gasteiger partial charge on any atom is -0.350 e. The third-order valence-electron chi connectivity index (χ3n) is 1.93. The first-order chi connectivity index (χ1) is 6.70. The molecule has 0 saturated heterocycles. The van der Waals surface area contributed by atoms with E-state index < -0.39 is 5.91 Å². The van der Waals surface area contributed by atoms with E-state index in [0.717, 1.165) is 10.9 Å². The largest absolute Gasteiger partial charge is 0.350 e. The van der Waals surface area contributed by atoms with Crippen molar-refractivity contribution in [2.45, 2.75) is 0 Å². The highest BCUT2D eigenvalue weighted by atomic mass is 35.5. The van der Waals surface area contributed by atoms with Gasteiger partial charge in [-0.3, -0.25) is 10.0 Å². The van der Waals surface area contributed by atoms with Crippen molar-refractivity contribution in [1.82, 2.24) is 10.5 Å². The van der Waals surface area contributed by atoms with Gasteiger partial charge in [-0.2, -0.15) is 0 Å². The molecule has 0 atom stereocenters. The van der Waals surface area contributed by atoms with Crippen LogP contribution in [-0.2, 0) is 0 Å². The Hall–Kier alpha value is -1.52. The summed E-state index contributed by atoms with van der Waals surface area (Å²) in [6, 6.07) is 6.85. The van der Waals surface area contributed by atoms with Crippen LogP contribution in [0.5, 0.6) is 0 Å². The SMILES string of the molecule is O=C(NO)c1cc2cc(Cl)ccc2[nH]1. The number of fused-ring (bicyclic) bond motifs is 1. The molecule has 1 aromatic carbocycles. The molecule has 1 amide bonds. The average molecular weight is 211 g/mol. The van der Waals surface area contributed by atoms with Crippen molar-refractivity contribution in [1.29, 1.82) is 0 Å². The highest BCUT2D eigenvalue weighted by Gasteiger charge is 2.07. The number of hydrogen-bond donors (Lipinski definition) is 3. The Labute approximate surface area is 84.5 Å². The summed E-state index contributed by atoms with van der Waals surface area (Å²) in [6.07, 6.45) is 0. The molecular weight excluding hydrogens is 204 g/mol. The molecule has 72 valence electrons. The van der Waals surface area contributed by atoms with Gasteiger partial charge in [-0.05, 0) is 24.3 Å². The van der Waals surface area contributed by atoms with Gasteiger partial charge in [0.15, 0.2) is 0 Å². The fraction of sp³-hybridized carbons (Fsp3) is 0. The predicted octanol–water partition coefficient (Wildman–Crippen LogP) is 1.94. The number of carbonyl (C=O) groups excluding carboxylic acids is 1. The summed E-state index contributed by atoms with van der Waals surface area (Å²) in [4.78, 5) is 13.9. The van der Waals surface area contributed by atoms with Crippen molar-refractivity contribution in [2.24, 2.45) is 0 Å². The molecule has 4 nitrogen and oxygen atoms in total. The molecule has 14 heavy (non-hydrogen) atoms. The molecule has 0 spiro atoms. The number of benzene rings is 1. The molecule has 2 rings (SSSR count). The highest BCUT2D eigenvalue weighted by molar-refractivity contribution is 6.31. The second-order valence-electron chi connectivity index (χ2n) is 2.86. The van der Waals surface area contributed by atoms with Gasteiger partial charge in [0, 0.05) is 15.9 Å². The van der Waals surface area contributed by atoms with Gasteiger partial charge in [0.1, 0.15) is 5.69 Å². The lowest BCUT2D eigenvalue weighted by Gasteiger charge is -1.91. The fourth-order valence-corrected chi connectivity index (χ4v) is 1.47. The van der Waals surface area contributed by atoms with Gasteiger partial charge in [-0.15, -0.1) is 0 Å². The first-order valence-electron chi connectivity index (χ1n) is 3.93. The summed E-state index contributed by atoms with van der Waals surface area (Å²) >= 11 is 5.78. The number of rotatable bonds is 1. The van der Waals surface area contributed by atoms with Crippen LogP contribution in [0.15, 0.2) is 24.3 Å². The van der Waals surface area contributed by atoms with Crippen LogP contribution in [0.4, 0.5) is 0 Å². The van der Waals surface area contributed by atoms with Gasteiger partial charge in [0.25, 0.3) is 5.91 Å². The Morgan fingerprint density at radius 2 is 2.21 bits per heavy atom. The normalized spacial score (nSPS) is 10.4. The van der Waals surface area contributed by atoms with Gasteiger partial charge in [0.2, 0.25) is 0 Å². The van der Waals surface area contributed by atoms with Crippen molar-refractivity contribution in [3.63, 3.8) is 0 Å². The Bertz CT molecular complexity index is 493. The van der Waals surface area contributed by atoms with Crippen LogP contribution in [0.3, 0.4) is 0 Å². The zero-order valence-corrected chi connectivity index (χ0v) is 7.80. The zero-order chi connectivity index (χ0) is 10.1. The van der Waals surface area contributed by atoms with Crippen LogP contribution >= 0.6 is 11.6 Å². The molecule has 1 heterocycles. The quantitative estimate of drug-likeness (QED) is 0.498. The molecule has 2 aromatic rings. The molecule has 3 N–H and O–H groups in total. The van der Waals surface area contributed by atoms with Gasteiger partial charge in [-0.25, -0.2) is 5.48 Å². The lowest BCUT2D eigenvalue weighted by atomic mass is 10.2. The summed E-state index contributed by atoms with van der Waals surface area (Å²) in [5.41, 5.74) is 2.65. The average Bonchev–Trinajstić information content (AvgIpc) is 2.59. The molecule has 0 saturated carbocycles. The molecular formula is C9H7ClN2O2. The lowest BCUT2D eigenvalue weighted by Crippen LogP contribution is -2.18. The number of amides is 1. The standard InChI is InChI=1S/C9H7ClN2O2/c10-6-1-2-7-5(3-6)4-8(11-7)9(13)12-14/h1-4,11,14H,(H,12,13). The van der Waals surface area contributed by atoms with Crippen molar-refractivity contribution in [2.75, 3.05) is 0 Å². The van der Waals surface area contributed by atoms with Crippen molar-refractivity contribution >= 4 is 28.4 Å². The third-order valence-corrected chi connectivity index (χ3v) is 2.16. The van der Waals surface area contributed by atoms with Crippen molar-refractivity contribution < 1.29 is 10.0 Å². The Morgan fingerprint density at radius 3 is 2.93 bits per heavy atom. The van der Waals surface area contributed by atoms with E-state index in [1.54, 1.807) is 29.7 Å². The number of H-pyrrole nitrogens is 1. The van der Waals surface area contributed by atoms with Crippen molar-refractivity contribution in [3.05, 3.63) is 35.0 Å². The van der Waals surface area contributed by atoms with Crippen LogP contribution < -0.4 is 5.48 Å². The maximum atomic E-state index is 11.0. The molecule has 0 bridgehead atoms. The van der Waals surface area contributed by atoms with Gasteiger partial charge >= 0.3 is 0 Å². The van der Waals surface area contributed by atoms with Crippen molar-refractivity contribution in [3.8, 4) is 0 Å². The number of carbonyl (C=O) groups is 1. The lowest BCUT2D eigenvalue weighted by molar-refractivity contribution is 0.0701. The first-order valence-corrected chi connectivity index (χ1v) is 4.31. The molecule has 0 aliphatic rings. The van der Waals surface area contributed by atoms with E-state index in [1.807, 2.05) is 0 Å². The van der Waals surface area contributed by atoms with E-state index in [1.165, 1.54) is 0 Å². The molecule has 1 aromatic heterocycles. The predicted molar refractivity (Wildman–Crippen MR) is 52.6 cm³/mol. The second kappa shape index (κ2) is 3.32. The van der Waals surface area contributed by atoms with Crippen LogP contribution in [0.25, 0.3) is 10.9 Å². The van der Waals surface area contributed by atoms with Crippen LogP contribution in [0.1, 0.15) is 10.5 Å².